The van der Waals surface area contributed by atoms with Gasteiger partial charge in [-0.05, 0) is 33.2 Å². The molecule has 1 atom stereocenters. The second-order valence-electron chi connectivity index (χ2n) is 6.84. The lowest BCUT2D eigenvalue weighted by atomic mass is 9.88. The van der Waals surface area contributed by atoms with Gasteiger partial charge in [-0.2, -0.15) is 0 Å². The smallest absolute Gasteiger partial charge is 0.289 e. The first kappa shape index (κ1) is 20.0. The van der Waals surface area contributed by atoms with Crippen LogP contribution in [-0.2, 0) is 0 Å². The second-order valence-corrected chi connectivity index (χ2v) is 6.84. The molecule has 0 amide bonds. The van der Waals surface area contributed by atoms with Gasteiger partial charge in [-0.25, -0.2) is 8.78 Å². The quantitative estimate of drug-likeness (QED) is 0.659. The van der Waals surface area contributed by atoms with Crippen molar-refractivity contribution < 1.29 is 13.9 Å². The molecular formula is C21H23ClF2N2O. The number of nitrogens with one attached hydrogen (secondary N) is 1. The SMILES string of the molecule is Cl.OCC(F)(F)[C@@H](c1c2ccccc2cc2ccccc12)N1CCNCC1. The molecule has 1 aliphatic heterocycles. The molecule has 4 rings (SSSR count). The van der Waals surface area contributed by atoms with Crippen LogP contribution in [-0.4, -0.2) is 48.7 Å². The first-order chi connectivity index (χ1) is 12.6. The largest absolute Gasteiger partial charge is 0.390 e. The number of halogens is 3. The molecule has 2 N–H and O–H groups in total. The Kier molecular flexibility index (Phi) is 5.96. The predicted molar refractivity (Wildman–Crippen MR) is 108 cm³/mol. The Balaban J connectivity index is 0.00000210. The Morgan fingerprint density at radius 2 is 1.48 bits per heavy atom. The lowest BCUT2D eigenvalue weighted by Crippen LogP contribution is -2.51. The van der Waals surface area contributed by atoms with Crippen LogP contribution in [0.2, 0.25) is 0 Å². The maximum Gasteiger partial charge on any atom is 0.289 e. The molecule has 1 aliphatic rings. The normalized spacial score (nSPS) is 17.0. The Hall–Kier alpha value is -1.79. The van der Waals surface area contributed by atoms with Crippen molar-refractivity contribution in [1.82, 2.24) is 10.2 Å². The zero-order chi connectivity index (χ0) is 18.1. The van der Waals surface area contributed by atoms with Gasteiger partial charge in [0, 0.05) is 26.2 Å². The molecule has 3 nitrogen and oxygen atoms in total. The van der Waals surface area contributed by atoms with E-state index in [-0.39, 0.29) is 12.4 Å². The Morgan fingerprint density at radius 3 is 2.00 bits per heavy atom. The number of aliphatic hydroxyl groups excluding tert-OH is 1. The summed E-state index contributed by atoms with van der Waals surface area (Å²) in [5.41, 5.74) is 0.611. The molecule has 0 unspecified atom stereocenters. The van der Waals surface area contributed by atoms with Gasteiger partial charge in [-0.15, -0.1) is 12.4 Å². The van der Waals surface area contributed by atoms with E-state index < -0.39 is 18.6 Å². The highest BCUT2D eigenvalue weighted by molar-refractivity contribution is 6.02. The fourth-order valence-electron chi connectivity index (χ4n) is 4.03. The molecule has 27 heavy (non-hydrogen) atoms. The van der Waals surface area contributed by atoms with Crippen LogP contribution in [0.1, 0.15) is 11.6 Å². The summed E-state index contributed by atoms with van der Waals surface area (Å²) in [4.78, 5) is 1.81. The minimum Gasteiger partial charge on any atom is -0.390 e. The summed E-state index contributed by atoms with van der Waals surface area (Å²) in [6.45, 7) is 1.22. The average molecular weight is 393 g/mol. The van der Waals surface area contributed by atoms with Crippen LogP contribution in [0.3, 0.4) is 0 Å². The van der Waals surface area contributed by atoms with Crippen LogP contribution in [0.4, 0.5) is 8.78 Å². The number of hydrogen-bond donors (Lipinski definition) is 2. The molecule has 3 aromatic rings. The first-order valence-electron chi connectivity index (χ1n) is 8.95. The summed E-state index contributed by atoms with van der Waals surface area (Å²) < 4.78 is 30.1. The first-order valence-corrected chi connectivity index (χ1v) is 8.95. The maximum atomic E-state index is 15.0. The number of aliphatic hydroxyl groups is 1. The second kappa shape index (κ2) is 8.07. The summed E-state index contributed by atoms with van der Waals surface area (Å²) in [7, 11) is 0. The van der Waals surface area contributed by atoms with Gasteiger partial charge < -0.3 is 10.4 Å². The van der Waals surface area contributed by atoms with Crippen LogP contribution < -0.4 is 5.32 Å². The predicted octanol–water partition coefficient (Wildman–Crippen LogP) is 3.99. The van der Waals surface area contributed by atoms with Gasteiger partial charge in [0.2, 0.25) is 0 Å². The summed E-state index contributed by atoms with van der Waals surface area (Å²) in [6.07, 6.45) is 0. The number of hydrogen-bond acceptors (Lipinski definition) is 3. The number of nitrogens with zero attached hydrogens (tertiary/aromatic N) is 1. The van der Waals surface area contributed by atoms with Gasteiger partial charge in [-0.1, -0.05) is 48.5 Å². The van der Waals surface area contributed by atoms with Crippen LogP contribution in [0.5, 0.6) is 0 Å². The molecular weight excluding hydrogens is 370 g/mol. The summed E-state index contributed by atoms with van der Waals surface area (Å²) >= 11 is 0. The van der Waals surface area contributed by atoms with Gasteiger partial charge >= 0.3 is 0 Å². The molecule has 0 aromatic heterocycles. The highest BCUT2D eigenvalue weighted by atomic mass is 35.5. The molecule has 0 spiro atoms. The Morgan fingerprint density at radius 1 is 0.963 bits per heavy atom. The molecule has 144 valence electrons. The van der Waals surface area contributed by atoms with Crippen molar-refractivity contribution in [2.24, 2.45) is 0 Å². The average Bonchev–Trinajstić information content (AvgIpc) is 2.68. The molecule has 6 heteroatoms. The fourth-order valence-corrected chi connectivity index (χ4v) is 4.03. The fraction of sp³-hybridized carbons (Fsp3) is 0.333. The van der Waals surface area contributed by atoms with Crippen molar-refractivity contribution in [1.29, 1.82) is 0 Å². The minimum atomic E-state index is -3.23. The highest BCUT2D eigenvalue weighted by Crippen LogP contribution is 2.43. The Bertz CT molecular complexity index is 874. The van der Waals surface area contributed by atoms with Crippen LogP contribution in [0, 0.1) is 0 Å². The van der Waals surface area contributed by atoms with Crippen molar-refractivity contribution in [3.05, 3.63) is 60.2 Å². The highest BCUT2D eigenvalue weighted by Gasteiger charge is 2.45. The third-order valence-electron chi connectivity index (χ3n) is 5.21. The van der Waals surface area contributed by atoms with E-state index in [1.807, 2.05) is 54.6 Å². The third-order valence-corrected chi connectivity index (χ3v) is 5.21. The molecule has 0 bridgehead atoms. The van der Waals surface area contributed by atoms with E-state index in [9.17, 15) is 5.11 Å². The van der Waals surface area contributed by atoms with Crippen molar-refractivity contribution in [2.75, 3.05) is 32.8 Å². The van der Waals surface area contributed by atoms with E-state index in [1.54, 1.807) is 4.90 Å². The van der Waals surface area contributed by atoms with E-state index in [0.717, 1.165) is 21.5 Å². The number of fused-ring (bicyclic) bond motifs is 2. The van der Waals surface area contributed by atoms with Crippen LogP contribution in [0.15, 0.2) is 54.6 Å². The Labute approximate surface area is 163 Å². The van der Waals surface area contributed by atoms with E-state index in [0.29, 0.717) is 31.7 Å². The molecule has 0 saturated carbocycles. The third kappa shape index (κ3) is 3.65. The molecule has 1 heterocycles. The van der Waals surface area contributed by atoms with E-state index in [1.165, 1.54) is 0 Å². The zero-order valence-corrected chi connectivity index (χ0v) is 15.7. The van der Waals surface area contributed by atoms with Crippen molar-refractivity contribution in [3.8, 4) is 0 Å². The van der Waals surface area contributed by atoms with E-state index >= 15 is 8.78 Å². The monoisotopic (exact) mass is 392 g/mol. The lowest BCUT2D eigenvalue weighted by Gasteiger charge is -2.39. The van der Waals surface area contributed by atoms with Gasteiger partial charge in [0.25, 0.3) is 5.92 Å². The van der Waals surface area contributed by atoms with Gasteiger partial charge in [0.05, 0.1) is 0 Å². The van der Waals surface area contributed by atoms with Gasteiger partial charge in [0.1, 0.15) is 12.6 Å². The van der Waals surface area contributed by atoms with Gasteiger partial charge in [-0.3, -0.25) is 4.90 Å². The van der Waals surface area contributed by atoms with Crippen molar-refractivity contribution in [3.63, 3.8) is 0 Å². The van der Waals surface area contributed by atoms with Crippen LogP contribution in [0.25, 0.3) is 21.5 Å². The summed E-state index contributed by atoms with van der Waals surface area (Å²) in [5, 5.41) is 16.2. The van der Waals surface area contributed by atoms with Crippen molar-refractivity contribution >= 4 is 34.0 Å². The standard InChI is InChI=1S/C21H22F2N2O.ClH/c22-21(23,14-26)20(25-11-9-24-10-12-25)19-17-7-3-1-5-15(17)13-16-6-2-4-8-18(16)19;/h1-8,13,20,24,26H,9-12,14H2;1H/t20-;/m1./s1. The number of benzene rings is 3. The van der Waals surface area contributed by atoms with Gasteiger partial charge in [0.15, 0.2) is 0 Å². The van der Waals surface area contributed by atoms with E-state index in [2.05, 4.69) is 5.32 Å². The number of piperazine rings is 1. The molecule has 0 aliphatic carbocycles. The zero-order valence-electron chi connectivity index (χ0n) is 14.9. The minimum absolute atomic E-state index is 0. The summed E-state index contributed by atoms with van der Waals surface area (Å²) in [5.74, 6) is -3.23. The summed E-state index contributed by atoms with van der Waals surface area (Å²) in [6, 6.07) is 16.2. The number of rotatable bonds is 4. The maximum absolute atomic E-state index is 15.0. The molecule has 1 saturated heterocycles. The topological polar surface area (TPSA) is 35.5 Å². The van der Waals surface area contributed by atoms with E-state index in [4.69, 9.17) is 0 Å². The molecule has 0 radical (unpaired) electrons. The number of alkyl halides is 2. The van der Waals surface area contributed by atoms with Crippen LogP contribution >= 0.6 is 12.4 Å². The van der Waals surface area contributed by atoms with Crippen molar-refractivity contribution in [2.45, 2.75) is 12.0 Å². The lowest BCUT2D eigenvalue weighted by molar-refractivity contribution is -0.117. The molecule has 1 fully saturated rings. The molecule has 3 aromatic carbocycles.